The molecule has 0 saturated heterocycles. The Bertz CT molecular complexity index is 1180. The third-order valence-electron chi connectivity index (χ3n) is 5.81. The average Bonchev–Trinajstić information content (AvgIpc) is 2.86. The van der Waals surface area contributed by atoms with Gasteiger partial charge in [-0.1, -0.05) is 36.4 Å². The fourth-order valence-electron chi connectivity index (χ4n) is 3.91. The van der Waals surface area contributed by atoms with E-state index in [-0.39, 0.29) is 11.6 Å². The Morgan fingerprint density at radius 3 is 2.39 bits per heavy atom. The largest absolute Gasteiger partial charge is 0.457 e. The van der Waals surface area contributed by atoms with Crippen molar-refractivity contribution in [1.29, 1.82) is 5.26 Å². The maximum atomic E-state index is 12.6. The van der Waals surface area contributed by atoms with Crippen LogP contribution in [0.5, 0.6) is 11.5 Å². The highest BCUT2D eigenvalue weighted by Crippen LogP contribution is 2.25. The maximum Gasteiger partial charge on any atom is 0.267 e. The highest BCUT2D eigenvalue weighted by molar-refractivity contribution is 6.06. The molecule has 2 N–H and O–H groups in total. The van der Waals surface area contributed by atoms with Crippen LogP contribution < -0.4 is 15.4 Å². The van der Waals surface area contributed by atoms with Crippen molar-refractivity contribution in [3.8, 4) is 17.6 Å². The smallest absolute Gasteiger partial charge is 0.267 e. The monoisotopic (exact) mass is 437 g/mol. The molecule has 0 aliphatic heterocycles. The number of nitriles is 1. The topological polar surface area (TPSA) is 74.2 Å². The van der Waals surface area contributed by atoms with Crippen LogP contribution in [0, 0.1) is 11.3 Å². The average molecular weight is 438 g/mol. The predicted octanol–water partition coefficient (Wildman–Crippen LogP) is 6.05. The lowest BCUT2D eigenvalue weighted by molar-refractivity contribution is -0.112. The zero-order valence-corrected chi connectivity index (χ0v) is 18.7. The molecule has 0 spiro atoms. The molecular weight excluding hydrogens is 410 g/mol. The summed E-state index contributed by atoms with van der Waals surface area (Å²) in [4.78, 5) is 12.6. The maximum absolute atomic E-state index is 12.6. The van der Waals surface area contributed by atoms with Gasteiger partial charge < -0.3 is 15.4 Å². The first kappa shape index (κ1) is 22.2. The van der Waals surface area contributed by atoms with Crippen molar-refractivity contribution in [2.75, 3.05) is 5.32 Å². The molecule has 4 rings (SSSR count). The van der Waals surface area contributed by atoms with Crippen molar-refractivity contribution in [3.05, 3.63) is 101 Å². The van der Waals surface area contributed by atoms with Crippen molar-refractivity contribution < 1.29 is 9.53 Å². The lowest BCUT2D eigenvalue weighted by Gasteiger charge is -2.19. The normalized spacial score (nSPS) is 13.9. The summed E-state index contributed by atoms with van der Waals surface area (Å²) >= 11 is 0. The first-order chi connectivity index (χ1) is 16.1. The van der Waals surface area contributed by atoms with E-state index in [1.54, 1.807) is 24.3 Å². The van der Waals surface area contributed by atoms with E-state index in [2.05, 4.69) is 28.8 Å². The molecule has 0 aromatic heterocycles. The van der Waals surface area contributed by atoms with Crippen molar-refractivity contribution in [2.45, 2.75) is 38.6 Å². The number of nitrogens with zero attached hydrogens (tertiary/aromatic N) is 1. The Kier molecular flexibility index (Phi) is 7.06. The summed E-state index contributed by atoms with van der Waals surface area (Å²) in [6, 6.07) is 25.1. The molecular formula is C28H27N3O2. The first-order valence-corrected chi connectivity index (χ1v) is 11.2. The van der Waals surface area contributed by atoms with E-state index < -0.39 is 5.91 Å². The van der Waals surface area contributed by atoms with E-state index >= 15 is 0 Å². The van der Waals surface area contributed by atoms with Crippen LogP contribution >= 0.6 is 0 Å². The Balaban J connectivity index is 1.36. The van der Waals surface area contributed by atoms with E-state index in [0.717, 1.165) is 24.2 Å². The molecule has 5 nitrogen and oxygen atoms in total. The van der Waals surface area contributed by atoms with Crippen molar-refractivity contribution in [1.82, 2.24) is 5.32 Å². The lowest BCUT2D eigenvalue weighted by Crippen LogP contribution is -2.19. The molecule has 1 aliphatic carbocycles. The molecule has 1 atom stereocenters. The third kappa shape index (κ3) is 5.81. The van der Waals surface area contributed by atoms with Gasteiger partial charge in [-0.05, 0) is 85.7 Å². The van der Waals surface area contributed by atoms with Crippen LogP contribution in [0.15, 0.2) is 84.6 Å². The highest BCUT2D eigenvalue weighted by atomic mass is 16.5. The minimum atomic E-state index is -0.459. The van der Waals surface area contributed by atoms with E-state index in [1.807, 2.05) is 43.3 Å². The number of amides is 1. The number of benzene rings is 3. The lowest BCUT2D eigenvalue weighted by atomic mass is 9.89. The van der Waals surface area contributed by atoms with Gasteiger partial charge in [0.2, 0.25) is 0 Å². The van der Waals surface area contributed by atoms with E-state index in [1.165, 1.54) is 30.2 Å². The first-order valence-electron chi connectivity index (χ1n) is 11.2. The fourth-order valence-corrected chi connectivity index (χ4v) is 3.91. The highest BCUT2D eigenvalue weighted by Gasteiger charge is 2.14. The van der Waals surface area contributed by atoms with E-state index in [0.29, 0.717) is 11.4 Å². The Labute approximate surface area is 194 Å². The van der Waals surface area contributed by atoms with Gasteiger partial charge in [-0.2, -0.15) is 5.26 Å². The molecule has 1 unspecified atom stereocenters. The van der Waals surface area contributed by atoms with Gasteiger partial charge in [-0.15, -0.1) is 0 Å². The molecule has 0 radical (unpaired) electrons. The summed E-state index contributed by atoms with van der Waals surface area (Å²) in [6.07, 6.45) is 6.25. The minimum absolute atomic E-state index is 0.0113. The van der Waals surface area contributed by atoms with Crippen LogP contribution in [0.25, 0.3) is 0 Å². The quantitative estimate of drug-likeness (QED) is 0.348. The number of carbonyl (C=O) groups is 1. The summed E-state index contributed by atoms with van der Waals surface area (Å²) in [7, 11) is 0. The zero-order chi connectivity index (χ0) is 23.0. The van der Waals surface area contributed by atoms with Gasteiger partial charge in [0.05, 0.1) is 0 Å². The SMILES string of the molecule is CC(N/C=C(/C#N)C(=O)Nc1ccc(Oc2ccccc2)cc1)c1ccc2c(c1)CCCC2. The molecule has 0 heterocycles. The van der Waals surface area contributed by atoms with Crippen LogP contribution in [-0.4, -0.2) is 5.91 Å². The second-order valence-electron chi connectivity index (χ2n) is 8.19. The van der Waals surface area contributed by atoms with Crippen molar-refractivity contribution in [3.63, 3.8) is 0 Å². The fraction of sp³-hybridized carbons (Fsp3) is 0.214. The molecule has 5 heteroatoms. The van der Waals surface area contributed by atoms with E-state index in [9.17, 15) is 10.1 Å². The van der Waals surface area contributed by atoms with Crippen LogP contribution in [0.4, 0.5) is 5.69 Å². The number of rotatable bonds is 7. The molecule has 1 amide bonds. The molecule has 0 fully saturated rings. The summed E-state index contributed by atoms with van der Waals surface area (Å²) in [5, 5.41) is 15.4. The number of carbonyl (C=O) groups excluding carboxylic acids is 1. The van der Waals surface area contributed by atoms with Crippen LogP contribution in [0.2, 0.25) is 0 Å². The molecule has 1 aliphatic rings. The van der Waals surface area contributed by atoms with Crippen LogP contribution in [0.1, 0.15) is 42.5 Å². The van der Waals surface area contributed by atoms with Gasteiger partial charge in [0.25, 0.3) is 5.91 Å². The summed E-state index contributed by atoms with van der Waals surface area (Å²) in [5.41, 5.74) is 4.60. The van der Waals surface area contributed by atoms with Crippen LogP contribution in [0.3, 0.4) is 0 Å². The van der Waals surface area contributed by atoms with Gasteiger partial charge in [0.1, 0.15) is 23.1 Å². The molecule has 0 saturated carbocycles. The number of hydrogen-bond acceptors (Lipinski definition) is 4. The second kappa shape index (κ2) is 10.5. The number of para-hydroxylation sites is 1. The molecule has 0 bridgehead atoms. The van der Waals surface area contributed by atoms with Gasteiger partial charge in [-0.25, -0.2) is 0 Å². The minimum Gasteiger partial charge on any atom is -0.457 e. The molecule has 33 heavy (non-hydrogen) atoms. The Hall–Kier alpha value is -4.04. The zero-order valence-electron chi connectivity index (χ0n) is 18.7. The number of aryl methyl sites for hydroxylation is 2. The second-order valence-corrected chi connectivity index (χ2v) is 8.19. The van der Waals surface area contributed by atoms with Gasteiger partial charge in [0.15, 0.2) is 0 Å². The van der Waals surface area contributed by atoms with Gasteiger partial charge in [0, 0.05) is 17.9 Å². The third-order valence-corrected chi connectivity index (χ3v) is 5.81. The van der Waals surface area contributed by atoms with Gasteiger partial charge >= 0.3 is 0 Å². The number of ether oxygens (including phenoxy) is 1. The number of anilines is 1. The van der Waals surface area contributed by atoms with E-state index in [4.69, 9.17) is 4.74 Å². The standard InChI is InChI=1S/C28H27N3O2/c1-20(22-12-11-21-7-5-6-8-23(21)17-22)30-19-24(18-29)28(32)31-25-13-15-27(16-14-25)33-26-9-3-2-4-10-26/h2-4,9-17,19-20,30H,5-8H2,1H3,(H,31,32)/b24-19-. The summed E-state index contributed by atoms with van der Waals surface area (Å²) < 4.78 is 5.76. The number of nitrogens with one attached hydrogen (secondary N) is 2. The number of fused-ring (bicyclic) bond motifs is 1. The van der Waals surface area contributed by atoms with Crippen molar-refractivity contribution in [2.24, 2.45) is 0 Å². The number of hydrogen-bond donors (Lipinski definition) is 2. The molecule has 3 aromatic rings. The van der Waals surface area contributed by atoms with Crippen molar-refractivity contribution >= 4 is 11.6 Å². The summed E-state index contributed by atoms with van der Waals surface area (Å²) in [5.74, 6) is 0.943. The summed E-state index contributed by atoms with van der Waals surface area (Å²) in [6.45, 7) is 2.03. The van der Waals surface area contributed by atoms with Crippen LogP contribution in [-0.2, 0) is 17.6 Å². The molecule has 3 aromatic carbocycles. The Morgan fingerprint density at radius 1 is 0.970 bits per heavy atom. The van der Waals surface area contributed by atoms with Gasteiger partial charge in [-0.3, -0.25) is 4.79 Å². The molecule has 166 valence electrons. The Morgan fingerprint density at radius 2 is 1.67 bits per heavy atom. The predicted molar refractivity (Wildman–Crippen MR) is 130 cm³/mol.